The lowest BCUT2D eigenvalue weighted by atomic mass is 9.93. The molecule has 0 aliphatic carbocycles. The molecule has 3 heterocycles. The van der Waals surface area contributed by atoms with Gasteiger partial charge in [0.05, 0.1) is 0 Å². The molecule has 0 amide bonds. The Morgan fingerprint density at radius 1 is 1.12 bits per heavy atom. The Morgan fingerprint density at radius 3 is 2.59 bits per heavy atom. The number of carboxylic acid groups (broad SMARTS) is 2. The largest absolute Gasteiger partial charge is 0.472 e. The standard InChI is InChI=1S/C23H30N2O.C4H2O4/c1-2-3-4-5-8-23(26)18-9-10-22-20(15-18)21(16-24-22)17-11-13-25-12-6-7-19(25)14-17;5-3(6)1-2-4(7)8/h9-11,15-16,19,24H,2-8,12-14H2,1H3;(H,5,6)(H,7,8). The molecule has 3 N–H and O–H groups in total. The smallest absolute Gasteiger partial charge is 0.382 e. The third-order valence-corrected chi connectivity index (χ3v) is 6.41. The van der Waals surface area contributed by atoms with Crippen molar-refractivity contribution in [2.24, 2.45) is 0 Å². The number of ketones is 1. The lowest BCUT2D eigenvalue weighted by Gasteiger charge is -2.29. The minimum atomic E-state index is -1.44. The first-order chi connectivity index (χ1) is 16.4. The Hall–Kier alpha value is -3.37. The van der Waals surface area contributed by atoms with Crippen molar-refractivity contribution in [3.63, 3.8) is 0 Å². The van der Waals surface area contributed by atoms with Gasteiger partial charge in [0.25, 0.3) is 0 Å². The fourth-order valence-electron chi connectivity index (χ4n) is 4.67. The summed E-state index contributed by atoms with van der Waals surface area (Å²) in [4.78, 5) is 37.5. The molecule has 7 nitrogen and oxygen atoms in total. The molecular formula is C27H32N2O5. The second-order valence-electron chi connectivity index (χ2n) is 8.78. The second kappa shape index (κ2) is 12.2. The van der Waals surface area contributed by atoms with E-state index >= 15 is 0 Å². The number of nitrogens with one attached hydrogen (secondary N) is 1. The van der Waals surface area contributed by atoms with Gasteiger partial charge < -0.3 is 15.2 Å². The molecule has 0 radical (unpaired) electrons. The van der Waals surface area contributed by atoms with Crippen LogP contribution in [0.4, 0.5) is 0 Å². The quantitative estimate of drug-likeness (QED) is 0.310. The molecule has 2 aliphatic rings. The molecule has 0 bridgehead atoms. The number of hydrogen-bond donors (Lipinski definition) is 3. The van der Waals surface area contributed by atoms with Crippen LogP contribution >= 0.6 is 0 Å². The van der Waals surface area contributed by atoms with E-state index in [2.05, 4.69) is 41.2 Å². The van der Waals surface area contributed by atoms with E-state index < -0.39 is 11.9 Å². The maximum Gasteiger partial charge on any atom is 0.382 e. The summed E-state index contributed by atoms with van der Waals surface area (Å²) in [7, 11) is 0. The zero-order chi connectivity index (χ0) is 24.5. The van der Waals surface area contributed by atoms with E-state index in [4.69, 9.17) is 10.2 Å². The van der Waals surface area contributed by atoms with E-state index in [1.165, 1.54) is 60.6 Å². The molecule has 7 heteroatoms. The van der Waals surface area contributed by atoms with Gasteiger partial charge in [-0.2, -0.15) is 0 Å². The van der Waals surface area contributed by atoms with Crippen molar-refractivity contribution < 1.29 is 24.6 Å². The summed E-state index contributed by atoms with van der Waals surface area (Å²) >= 11 is 0. The third kappa shape index (κ3) is 6.82. The number of nitrogens with zero attached hydrogens (tertiary/aromatic N) is 1. The molecule has 1 unspecified atom stereocenters. The summed E-state index contributed by atoms with van der Waals surface area (Å²) in [6.07, 6.45) is 13.6. The van der Waals surface area contributed by atoms with Crippen molar-refractivity contribution in [3.05, 3.63) is 41.6 Å². The lowest BCUT2D eigenvalue weighted by molar-refractivity contribution is -0.132. The van der Waals surface area contributed by atoms with Crippen molar-refractivity contribution in [1.82, 2.24) is 9.88 Å². The highest BCUT2D eigenvalue weighted by Gasteiger charge is 2.28. The maximum absolute atomic E-state index is 12.6. The summed E-state index contributed by atoms with van der Waals surface area (Å²) in [6.45, 7) is 4.52. The fourth-order valence-corrected chi connectivity index (χ4v) is 4.67. The summed E-state index contributed by atoms with van der Waals surface area (Å²) in [6, 6.07) is 6.89. The van der Waals surface area contributed by atoms with Crippen LogP contribution in [0.5, 0.6) is 0 Å². The van der Waals surface area contributed by atoms with E-state index in [0.29, 0.717) is 12.5 Å². The molecular weight excluding hydrogens is 432 g/mol. The first kappa shape index (κ1) is 25.3. The van der Waals surface area contributed by atoms with Crippen LogP contribution in [0, 0.1) is 11.8 Å². The summed E-state index contributed by atoms with van der Waals surface area (Å²) in [5.74, 6) is 0.236. The number of benzene rings is 1. The molecule has 0 saturated carbocycles. The minimum Gasteiger partial charge on any atom is -0.472 e. The number of fused-ring (bicyclic) bond motifs is 2. The lowest BCUT2D eigenvalue weighted by Crippen LogP contribution is -2.32. The first-order valence-corrected chi connectivity index (χ1v) is 11.9. The van der Waals surface area contributed by atoms with Crippen LogP contribution in [-0.4, -0.2) is 57.0 Å². The zero-order valence-electron chi connectivity index (χ0n) is 19.6. The van der Waals surface area contributed by atoms with Gasteiger partial charge in [-0.3, -0.25) is 9.69 Å². The van der Waals surface area contributed by atoms with Crippen LogP contribution in [0.15, 0.2) is 30.5 Å². The average molecular weight is 465 g/mol. The van der Waals surface area contributed by atoms with Gasteiger partial charge in [0.1, 0.15) is 0 Å². The van der Waals surface area contributed by atoms with Crippen LogP contribution < -0.4 is 0 Å². The minimum absolute atomic E-state index is 0.287. The molecule has 2 aliphatic heterocycles. The molecule has 34 heavy (non-hydrogen) atoms. The number of carbonyl (C=O) groups is 3. The molecule has 1 saturated heterocycles. The predicted molar refractivity (Wildman–Crippen MR) is 132 cm³/mol. The number of hydrogen-bond acceptors (Lipinski definition) is 4. The van der Waals surface area contributed by atoms with Gasteiger partial charge in [-0.15, -0.1) is 0 Å². The van der Waals surface area contributed by atoms with Gasteiger partial charge >= 0.3 is 11.9 Å². The van der Waals surface area contributed by atoms with E-state index in [0.717, 1.165) is 36.9 Å². The zero-order valence-corrected chi connectivity index (χ0v) is 19.6. The highest BCUT2D eigenvalue weighted by Crippen LogP contribution is 2.35. The highest BCUT2D eigenvalue weighted by atomic mass is 16.4. The highest BCUT2D eigenvalue weighted by molar-refractivity contribution is 6.02. The number of unbranched alkanes of at least 4 members (excludes halogenated alkanes) is 3. The van der Waals surface area contributed by atoms with Crippen molar-refractivity contribution >= 4 is 34.2 Å². The van der Waals surface area contributed by atoms with Crippen molar-refractivity contribution in [2.45, 2.75) is 64.3 Å². The number of aromatic nitrogens is 1. The van der Waals surface area contributed by atoms with E-state index in [1.807, 2.05) is 6.07 Å². The van der Waals surface area contributed by atoms with Gasteiger partial charge in [-0.05, 0) is 56.0 Å². The number of rotatable bonds is 7. The molecule has 1 atom stereocenters. The molecule has 4 rings (SSSR count). The van der Waals surface area contributed by atoms with Crippen LogP contribution in [0.2, 0.25) is 0 Å². The molecule has 180 valence electrons. The number of carbonyl (C=O) groups excluding carboxylic acids is 1. The first-order valence-electron chi connectivity index (χ1n) is 11.9. The van der Waals surface area contributed by atoms with Crippen molar-refractivity contribution in [2.75, 3.05) is 13.1 Å². The van der Waals surface area contributed by atoms with Gasteiger partial charge in [0, 0.05) is 59.1 Å². The Labute approximate surface area is 199 Å². The van der Waals surface area contributed by atoms with Gasteiger partial charge in [-0.1, -0.05) is 32.3 Å². The Bertz CT molecular complexity index is 1120. The molecule has 1 fully saturated rings. The molecule has 0 spiro atoms. The van der Waals surface area contributed by atoms with Gasteiger partial charge in [0.15, 0.2) is 5.78 Å². The van der Waals surface area contributed by atoms with Crippen LogP contribution in [0.25, 0.3) is 16.5 Å². The number of H-pyrrole nitrogens is 1. The van der Waals surface area contributed by atoms with Crippen molar-refractivity contribution in [1.29, 1.82) is 0 Å². The van der Waals surface area contributed by atoms with Gasteiger partial charge in [-0.25, -0.2) is 9.59 Å². The van der Waals surface area contributed by atoms with E-state index in [-0.39, 0.29) is 5.78 Å². The van der Waals surface area contributed by atoms with Crippen LogP contribution in [0.1, 0.15) is 74.2 Å². The Morgan fingerprint density at radius 2 is 1.88 bits per heavy atom. The normalized spacial score (nSPS) is 17.1. The maximum atomic E-state index is 12.6. The van der Waals surface area contributed by atoms with Crippen LogP contribution in [0.3, 0.4) is 0 Å². The average Bonchev–Trinajstić information content (AvgIpc) is 3.46. The Kier molecular flexibility index (Phi) is 9.06. The second-order valence-corrected chi connectivity index (χ2v) is 8.78. The monoisotopic (exact) mass is 464 g/mol. The molecule has 1 aromatic carbocycles. The number of aliphatic carboxylic acids is 2. The number of aromatic amines is 1. The number of Topliss-reactive ketones (excluding diaryl/α,β-unsaturated/α-hetero) is 1. The summed E-state index contributed by atoms with van der Waals surface area (Å²) in [5.41, 5.74) is 4.75. The van der Waals surface area contributed by atoms with Crippen molar-refractivity contribution in [3.8, 4) is 11.8 Å². The van der Waals surface area contributed by atoms with Crippen LogP contribution in [-0.2, 0) is 9.59 Å². The third-order valence-electron chi connectivity index (χ3n) is 6.41. The summed E-state index contributed by atoms with van der Waals surface area (Å²) < 4.78 is 0. The molecule has 1 aromatic heterocycles. The van der Waals surface area contributed by atoms with E-state index in [1.54, 1.807) is 0 Å². The topological polar surface area (TPSA) is 111 Å². The summed E-state index contributed by atoms with van der Waals surface area (Å²) in [5, 5.41) is 16.7. The van der Waals surface area contributed by atoms with E-state index in [9.17, 15) is 14.4 Å². The SMILES string of the molecule is CCCCCCC(=O)c1ccc2[nH]cc(C3=CCN4CCCC4C3)c2c1.O=C(O)C#CC(=O)O. The predicted octanol–water partition coefficient (Wildman–Crippen LogP) is 4.73. The molecule has 2 aromatic rings. The van der Waals surface area contributed by atoms with Gasteiger partial charge in [0.2, 0.25) is 0 Å². The fraction of sp³-hybridized carbons (Fsp3) is 0.444. The number of carboxylic acids is 2. The Balaban J connectivity index is 0.000000350.